The third-order valence-corrected chi connectivity index (χ3v) is 8.11. The summed E-state index contributed by atoms with van der Waals surface area (Å²) in [7, 11) is 0. The van der Waals surface area contributed by atoms with E-state index in [0.29, 0.717) is 17.8 Å². The molecule has 1 unspecified atom stereocenters. The number of ether oxygens (including phenoxy) is 2. The molecule has 4 heterocycles. The number of nitrogens with zero attached hydrogens (tertiary/aromatic N) is 4. The number of hydrogen-bond donors (Lipinski definition) is 2. The van der Waals surface area contributed by atoms with E-state index < -0.39 is 11.3 Å². The maximum atomic E-state index is 13.8. The predicted molar refractivity (Wildman–Crippen MR) is 157 cm³/mol. The molecule has 2 fully saturated rings. The Bertz CT molecular complexity index is 1350. The van der Waals surface area contributed by atoms with Crippen molar-refractivity contribution in [1.82, 2.24) is 14.9 Å². The molecule has 2 aliphatic rings. The highest BCUT2D eigenvalue weighted by Crippen LogP contribution is 2.35. The van der Waals surface area contributed by atoms with E-state index in [1.54, 1.807) is 6.21 Å². The first-order valence-corrected chi connectivity index (χ1v) is 14.1. The number of anilines is 1. The van der Waals surface area contributed by atoms with Crippen molar-refractivity contribution in [1.29, 1.82) is 5.41 Å². The number of H-pyrrole nitrogens is 1. The first-order chi connectivity index (χ1) is 18.9. The van der Waals surface area contributed by atoms with Gasteiger partial charge >= 0.3 is 0 Å². The van der Waals surface area contributed by atoms with E-state index in [1.807, 2.05) is 26.8 Å². The standard InChI is InChI=1S/C30H40N6O3/c1-4-30(2,3)29(37)24-18-25(21(19-31)20-32-7-8-35-9-13-38-14-10-35)33-27-23-6-5-22(17-26(23)34-28(24)27)36-11-15-39-16-12-36/h5-6,17-21,31,34H,4,7-16H2,1-3H3. The monoisotopic (exact) mass is 532 g/mol. The highest BCUT2D eigenvalue weighted by Gasteiger charge is 2.30. The topological polar surface area (TPSA) is 107 Å². The van der Waals surface area contributed by atoms with E-state index in [2.05, 4.69) is 38.0 Å². The predicted octanol–water partition coefficient (Wildman–Crippen LogP) is 4.31. The molecule has 9 nitrogen and oxygen atoms in total. The Balaban J connectivity index is 1.51. The number of aromatic nitrogens is 2. The van der Waals surface area contributed by atoms with Gasteiger partial charge in [0.1, 0.15) is 0 Å². The van der Waals surface area contributed by atoms with Gasteiger partial charge in [0, 0.05) is 67.2 Å². The van der Waals surface area contributed by atoms with Crippen molar-refractivity contribution in [3.8, 4) is 0 Å². The number of fused-ring (bicyclic) bond motifs is 3. The summed E-state index contributed by atoms with van der Waals surface area (Å²) in [5.74, 6) is -0.334. The van der Waals surface area contributed by atoms with Gasteiger partial charge in [0.05, 0.1) is 61.1 Å². The van der Waals surface area contributed by atoms with Gasteiger partial charge in [-0.05, 0) is 30.7 Å². The fourth-order valence-electron chi connectivity index (χ4n) is 5.17. The van der Waals surface area contributed by atoms with Crippen molar-refractivity contribution in [3.63, 3.8) is 0 Å². The molecule has 0 bridgehead atoms. The minimum absolute atomic E-state index is 0.0756. The van der Waals surface area contributed by atoms with Gasteiger partial charge in [-0.3, -0.25) is 14.7 Å². The smallest absolute Gasteiger partial charge is 0.170 e. The molecule has 0 amide bonds. The molecule has 9 heteroatoms. The zero-order valence-corrected chi connectivity index (χ0v) is 23.3. The molecule has 2 saturated heterocycles. The summed E-state index contributed by atoms with van der Waals surface area (Å²) < 4.78 is 10.9. The number of benzene rings is 1. The van der Waals surface area contributed by atoms with Gasteiger partial charge in [-0.2, -0.15) is 0 Å². The number of Topliss-reactive ketones (excluding diaryl/α,β-unsaturated/α-hetero) is 1. The van der Waals surface area contributed by atoms with Gasteiger partial charge in [-0.15, -0.1) is 0 Å². The maximum Gasteiger partial charge on any atom is 0.170 e. The number of rotatable bonds is 10. The maximum absolute atomic E-state index is 13.8. The summed E-state index contributed by atoms with van der Waals surface area (Å²) in [5.41, 5.74) is 4.37. The fourth-order valence-corrected chi connectivity index (χ4v) is 5.17. The molecular weight excluding hydrogens is 492 g/mol. The van der Waals surface area contributed by atoms with Crippen LogP contribution >= 0.6 is 0 Å². The summed E-state index contributed by atoms with van der Waals surface area (Å²) in [4.78, 5) is 31.7. The SMILES string of the molecule is CCC(C)(C)C(=O)c1cc(C(C=N)C=NCCN2CCOCC2)nc2c1[nH]c1cc(N3CCOCC3)ccc12. The fraction of sp³-hybridized carbons (Fsp3) is 0.533. The molecule has 0 aliphatic carbocycles. The lowest BCUT2D eigenvalue weighted by Crippen LogP contribution is -2.37. The summed E-state index contributed by atoms with van der Waals surface area (Å²) in [6.07, 6.45) is 3.88. The summed E-state index contributed by atoms with van der Waals surface area (Å²) in [5, 5.41) is 9.12. The van der Waals surface area contributed by atoms with Crippen molar-refractivity contribution in [2.45, 2.75) is 33.1 Å². The second-order valence-electron chi connectivity index (χ2n) is 11.0. The first-order valence-electron chi connectivity index (χ1n) is 14.1. The number of pyridine rings is 1. The minimum atomic E-state index is -0.520. The third kappa shape index (κ3) is 5.90. The molecular formula is C30H40N6O3. The Morgan fingerprint density at radius 2 is 1.87 bits per heavy atom. The summed E-state index contributed by atoms with van der Waals surface area (Å²) in [6, 6.07) is 8.21. The lowest BCUT2D eigenvalue weighted by atomic mass is 9.81. The number of hydrogen-bond acceptors (Lipinski definition) is 8. The van der Waals surface area contributed by atoms with Crippen LogP contribution in [0.2, 0.25) is 0 Å². The van der Waals surface area contributed by atoms with Crippen LogP contribution in [-0.2, 0) is 9.47 Å². The Morgan fingerprint density at radius 1 is 1.15 bits per heavy atom. The number of ketones is 1. The number of carbonyl (C=O) groups excluding carboxylic acids is 1. The Labute approximate surface area is 230 Å². The van der Waals surface area contributed by atoms with Crippen molar-refractivity contribution in [2.75, 3.05) is 70.6 Å². The molecule has 1 aromatic carbocycles. The number of aromatic amines is 1. The minimum Gasteiger partial charge on any atom is -0.379 e. The molecule has 0 saturated carbocycles. The van der Waals surface area contributed by atoms with Gasteiger partial charge in [-0.1, -0.05) is 20.8 Å². The molecule has 5 rings (SSSR count). The lowest BCUT2D eigenvalue weighted by Gasteiger charge is -2.28. The Kier molecular flexibility index (Phi) is 8.40. The van der Waals surface area contributed by atoms with Crippen molar-refractivity contribution in [2.24, 2.45) is 10.4 Å². The highest BCUT2D eigenvalue weighted by molar-refractivity contribution is 6.16. The van der Waals surface area contributed by atoms with Crippen molar-refractivity contribution < 1.29 is 14.3 Å². The zero-order chi connectivity index (χ0) is 27.4. The van der Waals surface area contributed by atoms with Crippen LogP contribution in [0, 0.1) is 10.8 Å². The Morgan fingerprint density at radius 3 is 2.56 bits per heavy atom. The third-order valence-electron chi connectivity index (χ3n) is 8.11. The Hall–Kier alpha value is -3.14. The van der Waals surface area contributed by atoms with Gasteiger partial charge in [-0.25, -0.2) is 4.98 Å². The molecule has 2 N–H and O–H groups in total. The van der Waals surface area contributed by atoms with E-state index in [1.165, 1.54) is 6.21 Å². The van der Waals surface area contributed by atoms with E-state index in [9.17, 15) is 4.79 Å². The number of aliphatic imine (C=N–C) groups is 1. The second-order valence-corrected chi connectivity index (χ2v) is 11.0. The molecule has 3 aromatic rings. The van der Waals surface area contributed by atoms with Crippen LogP contribution in [0.3, 0.4) is 0 Å². The molecule has 0 radical (unpaired) electrons. The largest absolute Gasteiger partial charge is 0.379 e. The summed E-state index contributed by atoms with van der Waals surface area (Å²) in [6.45, 7) is 14.1. The number of morpholine rings is 2. The van der Waals surface area contributed by atoms with Crippen LogP contribution in [-0.4, -0.2) is 98.8 Å². The van der Waals surface area contributed by atoms with E-state index in [0.717, 1.165) is 93.2 Å². The first kappa shape index (κ1) is 27.4. The van der Waals surface area contributed by atoms with Gasteiger partial charge < -0.3 is 24.8 Å². The average molecular weight is 533 g/mol. The normalized spacial score (nSPS) is 18.3. The van der Waals surface area contributed by atoms with Gasteiger partial charge in [0.2, 0.25) is 0 Å². The van der Waals surface area contributed by atoms with Crippen LogP contribution < -0.4 is 4.90 Å². The molecule has 208 valence electrons. The lowest BCUT2D eigenvalue weighted by molar-refractivity contribution is 0.0394. The van der Waals surface area contributed by atoms with Crippen molar-refractivity contribution >= 4 is 45.8 Å². The van der Waals surface area contributed by atoms with Crippen LogP contribution in [0.15, 0.2) is 29.3 Å². The zero-order valence-electron chi connectivity index (χ0n) is 23.3. The molecule has 0 spiro atoms. The van der Waals surface area contributed by atoms with E-state index in [4.69, 9.17) is 19.9 Å². The van der Waals surface area contributed by atoms with Crippen LogP contribution in [0.25, 0.3) is 21.9 Å². The van der Waals surface area contributed by atoms with Crippen LogP contribution in [0.1, 0.15) is 49.2 Å². The van der Waals surface area contributed by atoms with Crippen LogP contribution in [0.4, 0.5) is 5.69 Å². The summed E-state index contributed by atoms with van der Waals surface area (Å²) >= 11 is 0. The quantitative estimate of drug-likeness (QED) is 0.298. The van der Waals surface area contributed by atoms with Crippen LogP contribution in [0.5, 0.6) is 0 Å². The van der Waals surface area contributed by atoms with E-state index in [-0.39, 0.29) is 5.78 Å². The molecule has 2 aromatic heterocycles. The van der Waals surface area contributed by atoms with E-state index >= 15 is 0 Å². The highest BCUT2D eigenvalue weighted by atomic mass is 16.5. The molecule has 39 heavy (non-hydrogen) atoms. The number of carbonyl (C=O) groups is 1. The van der Waals surface area contributed by atoms with Gasteiger partial charge in [0.15, 0.2) is 5.78 Å². The molecule has 2 aliphatic heterocycles. The number of nitrogens with one attached hydrogen (secondary N) is 2. The average Bonchev–Trinajstić information content (AvgIpc) is 3.35. The second kappa shape index (κ2) is 11.9. The van der Waals surface area contributed by atoms with Gasteiger partial charge in [0.25, 0.3) is 0 Å². The van der Waals surface area contributed by atoms with Crippen molar-refractivity contribution in [3.05, 3.63) is 35.5 Å². The molecule has 1 atom stereocenters.